The number of ketones is 1. The first-order valence-electron chi connectivity index (χ1n) is 5.89. The summed E-state index contributed by atoms with van der Waals surface area (Å²) >= 11 is 1.54. The van der Waals surface area contributed by atoms with Crippen molar-refractivity contribution in [2.75, 3.05) is 6.61 Å². The van der Waals surface area contributed by atoms with E-state index in [9.17, 15) is 4.79 Å². The molecule has 2 rings (SSSR count). The van der Waals surface area contributed by atoms with Crippen LogP contribution in [-0.2, 0) is 6.42 Å². The molecule has 94 valence electrons. The second-order valence-corrected chi connectivity index (χ2v) is 5.12. The average Bonchev–Trinajstić information content (AvgIpc) is 2.81. The molecule has 2 aromatic rings. The van der Waals surface area contributed by atoms with E-state index in [-0.39, 0.29) is 12.4 Å². The van der Waals surface area contributed by atoms with Crippen molar-refractivity contribution < 1.29 is 9.90 Å². The Balaban J connectivity index is 2.36. The van der Waals surface area contributed by atoms with Gasteiger partial charge in [0.2, 0.25) is 0 Å². The van der Waals surface area contributed by atoms with Crippen LogP contribution >= 0.6 is 11.3 Å². The van der Waals surface area contributed by atoms with Gasteiger partial charge in [0.25, 0.3) is 0 Å². The monoisotopic (exact) mass is 261 g/mol. The lowest BCUT2D eigenvalue weighted by molar-refractivity contribution is 0.101. The Morgan fingerprint density at radius 1 is 1.33 bits per heavy atom. The van der Waals surface area contributed by atoms with Crippen LogP contribution < -0.4 is 0 Å². The maximum absolute atomic E-state index is 11.6. The highest BCUT2D eigenvalue weighted by molar-refractivity contribution is 7.15. The number of thiazole rings is 1. The Bertz CT molecular complexity index is 534. The lowest BCUT2D eigenvalue weighted by Crippen LogP contribution is -1.98. The maximum atomic E-state index is 11.6. The van der Waals surface area contributed by atoms with Gasteiger partial charge in [-0.25, -0.2) is 4.98 Å². The van der Waals surface area contributed by atoms with Crippen LogP contribution in [0.3, 0.4) is 0 Å². The van der Waals surface area contributed by atoms with E-state index in [4.69, 9.17) is 5.11 Å². The average molecular weight is 261 g/mol. The number of carbonyl (C=O) groups excluding carboxylic acids is 1. The maximum Gasteiger partial charge on any atom is 0.179 e. The van der Waals surface area contributed by atoms with E-state index in [1.165, 1.54) is 18.3 Å². The SMILES string of the molecule is CC(=O)c1nc(-c2ccccc2)sc1CCCO. The van der Waals surface area contributed by atoms with Crippen LogP contribution in [0.15, 0.2) is 30.3 Å². The number of hydrogen-bond acceptors (Lipinski definition) is 4. The van der Waals surface area contributed by atoms with Crippen molar-refractivity contribution in [3.63, 3.8) is 0 Å². The number of rotatable bonds is 5. The van der Waals surface area contributed by atoms with Crippen LogP contribution in [-0.4, -0.2) is 22.5 Å². The lowest BCUT2D eigenvalue weighted by atomic mass is 10.2. The number of aliphatic hydroxyl groups excluding tert-OH is 1. The van der Waals surface area contributed by atoms with E-state index in [2.05, 4.69) is 4.98 Å². The van der Waals surface area contributed by atoms with Crippen molar-refractivity contribution in [1.82, 2.24) is 4.98 Å². The molecule has 0 saturated heterocycles. The third kappa shape index (κ3) is 2.83. The summed E-state index contributed by atoms with van der Waals surface area (Å²) in [7, 11) is 0. The minimum absolute atomic E-state index is 0.0126. The number of benzene rings is 1. The number of aromatic nitrogens is 1. The Labute approximate surface area is 110 Å². The summed E-state index contributed by atoms with van der Waals surface area (Å²) in [5.41, 5.74) is 1.58. The Kier molecular flexibility index (Phi) is 4.23. The first kappa shape index (κ1) is 12.9. The Morgan fingerprint density at radius 3 is 2.67 bits per heavy atom. The molecule has 3 nitrogen and oxygen atoms in total. The highest BCUT2D eigenvalue weighted by atomic mass is 32.1. The highest BCUT2D eigenvalue weighted by Crippen LogP contribution is 2.29. The molecule has 1 N–H and O–H groups in total. The molecule has 1 aromatic carbocycles. The number of aryl methyl sites for hydroxylation is 1. The zero-order valence-electron chi connectivity index (χ0n) is 10.2. The van der Waals surface area contributed by atoms with Gasteiger partial charge in [-0.15, -0.1) is 11.3 Å². The second kappa shape index (κ2) is 5.89. The summed E-state index contributed by atoms with van der Waals surface area (Å²) in [6.45, 7) is 1.67. The van der Waals surface area contributed by atoms with Gasteiger partial charge in [0, 0.05) is 24.0 Å². The fourth-order valence-corrected chi connectivity index (χ4v) is 2.90. The van der Waals surface area contributed by atoms with Gasteiger partial charge in [-0.3, -0.25) is 4.79 Å². The molecule has 0 amide bonds. The van der Waals surface area contributed by atoms with Gasteiger partial charge < -0.3 is 5.11 Å². The standard InChI is InChI=1S/C14H15NO2S/c1-10(17)13-12(8-5-9-16)18-14(15-13)11-6-3-2-4-7-11/h2-4,6-7,16H,5,8-9H2,1H3. The molecule has 0 aliphatic heterocycles. The largest absolute Gasteiger partial charge is 0.396 e. The van der Waals surface area contributed by atoms with Crippen LogP contribution in [0.1, 0.15) is 28.7 Å². The summed E-state index contributed by atoms with van der Waals surface area (Å²) in [6, 6.07) is 9.84. The number of nitrogens with zero attached hydrogens (tertiary/aromatic N) is 1. The van der Waals surface area contributed by atoms with E-state index in [0.29, 0.717) is 18.5 Å². The molecule has 0 unspecified atom stereocenters. The van der Waals surface area contributed by atoms with E-state index >= 15 is 0 Å². The van der Waals surface area contributed by atoms with Crippen LogP contribution in [0.25, 0.3) is 10.6 Å². The third-order valence-corrected chi connectivity index (χ3v) is 3.78. The molecule has 1 aromatic heterocycles. The molecular weight excluding hydrogens is 246 g/mol. The number of carbonyl (C=O) groups is 1. The van der Waals surface area contributed by atoms with Crippen molar-refractivity contribution in [3.05, 3.63) is 40.9 Å². The van der Waals surface area contributed by atoms with Crippen LogP contribution in [0.5, 0.6) is 0 Å². The molecule has 0 bridgehead atoms. The first-order valence-corrected chi connectivity index (χ1v) is 6.71. The molecule has 1 heterocycles. The quantitative estimate of drug-likeness (QED) is 0.842. The van der Waals surface area contributed by atoms with Gasteiger partial charge in [0.15, 0.2) is 5.78 Å². The molecule has 0 fully saturated rings. The van der Waals surface area contributed by atoms with Crippen molar-refractivity contribution in [3.8, 4) is 10.6 Å². The zero-order chi connectivity index (χ0) is 13.0. The van der Waals surface area contributed by atoms with Gasteiger partial charge >= 0.3 is 0 Å². The fourth-order valence-electron chi connectivity index (χ4n) is 1.74. The molecule has 0 spiro atoms. The summed E-state index contributed by atoms with van der Waals surface area (Å²) in [5, 5.41) is 9.75. The minimum Gasteiger partial charge on any atom is -0.396 e. The van der Waals surface area contributed by atoms with E-state index in [1.54, 1.807) is 0 Å². The topological polar surface area (TPSA) is 50.2 Å². The summed E-state index contributed by atoms with van der Waals surface area (Å²) < 4.78 is 0. The predicted molar refractivity (Wildman–Crippen MR) is 73.0 cm³/mol. The van der Waals surface area contributed by atoms with Gasteiger partial charge in [-0.2, -0.15) is 0 Å². The number of Topliss-reactive ketones (excluding diaryl/α,β-unsaturated/α-hetero) is 1. The summed E-state index contributed by atoms with van der Waals surface area (Å²) in [4.78, 5) is 16.9. The lowest BCUT2D eigenvalue weighted by Gasteiger charge is -1.95. The van der Waals surface area contributed by atoms with Crippen LogP contribution in [0.4, 0.5) is 0 Å². The molecule has 18 heavy (non-hydrogen) atoms. The minimum atomic E-state index is -0.0126. The van der Waals surface area contributed by atoms with Crippen molar-refractivity contribution >= 4 is 17.1 Å². The smallest absolute Gasteiger partial charge is 0.179 e. The predicted octanol–water partition coefficient (Wildman–Crippen LogP) is 2.94. The Morgan fingerprint density at radius 2 is 2.06 bits per heavy atom. The van der Waals surface area contributed by atoms with E-state index < -0.39 is 0 Å². The van der Waals surface area contributed by atoms with Crippen molar-refractivity contribution in [2.24, 2.45) is 0 Å². The van der Waals surface area contributed by atoms with Crippen molar-refractivity contribution in [2.45, 2.75) is 19.8 Å². The van der Waals surface area contributed by atoms with Gasteiger partial charge in [0.05, 0.1) is 0 Å². The van der Waals surface area contributed by atoms with Gasteiger partial charge in [-0.1, -0.05) is 30.3 Å². The van der Waals surface area contributed by atoms with E-state index in [1.807, 2.05) is 30.3 Å². The molecule has 0 aliphatic carbocycles. The number of hydrogen-bond donors (Lipinski definition) is 1. The highest BCUT2D eigenvalue weighted by Gasteiger charge is 2.15. The molecule has 0 saturated carbocycles. The van der Waals surface area contributed by atoms with Gasteiger partial charge in [0.1, 0.15) is 10.7 Å². The Hall–Kier alpha value is -1.52. The zero-order valence-corrected chi connectivity index (χ0v) is 11.0. The summed E-state index contributed by atoms with van der Waals surface area (Å²) in [5.74, 6) is -0.0126. The summed E-state index contributed by atoms with van der Waals surface area (Å²) in [6.07, 6.45) is 1.37. The van der Waals surface area contributed by atoms with Crippen LogP contribution in [0.2, 0.25) is 0 Å². The van der Waals surface area contributed by atoms with Gasteiger partial charge in [-0.05, 0) is 12.8 Å². The normalized spacial score (nSPS) is 10.6. The third-order valence-electron chi connectivity index (χ3n) is 2.61. The molecular formula is C14H15NO2S. The number of aliphatic hydroxyl groups is 1. The molecule has 0 atom stereocenters. The molecule has 0 radical (unpaired) electrons. The first-order chi connectivity index (χ1) is 8.72. The molecule has 4 heteroatoms. The van der Waals surface area contributed by atoms with Crippen molar-refractivity contribution in [1.29, 1.82) is 0 Å². The van der Waals surface area contributed by atoms with E-state index in [0.717, 1.165) is 15.4 Å². The van der Waals surface area contributed by atoms with Crippen LogP contribution in [0, 0.1) is 0 Å². The molecule has 0 aliphatic rings. The second-order valence-electron chi connectivity index (χ2n) is 4.04. The fraction of sp³-hybridized carbons (Fsp3) is 0.286.